The van der Waals surface area contributed by atoms with E-state index in [-0.39, 0.29) is 17.9 Å². The van der Waals surface area contributed by atoms with Gasteiger partial charge in [0.15, 0.2) is 0 Å². The first-order valence-electron chi connectivity index (χ1n) is 7.75. The Morgan fingerprint density at radius 2 is 1.84 bits per heavy atom. The Kier molecular flexibility index (Phi) is 5.61. The van der Waals surface area contributed by atoms with Crippen molar-refractivity contribution in [2.45, 2.75) is 70.3 Å². The second-order valence-corrected chi connectivity index (χ2v) is 6.63. The van der Waals surface area contributed by atoms with Gasteiger partial charge in [-0.1, -0.05) is 50.7 Å². The van der Waals surface area contributed by atoms with Gasteiger partial charge in [-0.05, 0) is 25.2 Å². The van der Waals surface area contributed by atoms with Crippen LogP contribution in [0.5, 0.6) is 0 Å². The number of thiocarbonyl (C=S) groups is 1. The minimum atomic E-state index is 0.191. The van der Waals surface area contributed by atoms with Crippen LogP contribution in [0.1, 0.15) is 64.2 Å². The fourth-order valence-corrected chi connectivity index (χ4v) is 3.85. The Morgan fingerprint density at radius 1 is 1.11 bits per heavy atom. The molecule has 4 heteroatoms. The smallest absolute Gasteiger partial charge is 0.220 e. The Hall–Kier alpha value is -0.640. The fraction of sp³-hybridized carbons (Fsp3) is 0.867. The van der Waals surface area contributed by atoms with Crippen molar-refractivity contribution in [2.24, 2.45) is 17.6 Å². The van der Waals surface area contributed by atoms with Crippen LogP contribution in [0.15, 0.2) is 0 Å². The van der Waals surface area contributed by atoms with Gasteiger partial charge in [0.2, 0.25) is 5.91 Å². The number of amides is 1. The van der Waals surface area contributed by atoms with E-state index in [9.17, 15) is 4.79 Å². The number of nitrogens with one attached hydrogen (secondary N) is 1. The van der Waals surface area contributed by atoms with E-state index in [2.05, 4.69) is 5.32 Å². The van der Waals surface area contributed by atoms with Crippen molar-refractivity contribution in [3.63, 3.8) is 0 Å². The molecule has 0 bridgehead atoms. The van der Waals surface area contributed by atoms with Crippen LogP contribution in [0, 0.1) is 11.8 Å². The SMILES string of the molecule is NC(=S)C1CCCC1NC(=O)CCC1CCCCC1. The zero-order chi connectivity index (χ0) is 13.7. The largest absolute Gasteiger partial charge is 0.393 e. The lowest BCUT2D eigenvalue weighted by Gasteiger charge is -2.23. The van der Waals surface area contributed by atoms with Crippen LogP contribution in [0.2, 0.25) is 0 Å². The molecule has 2 aliphatic carbocycles. The molecule has 2 aliphatic rings. The predicted molar refractivity (Wildman–Crippen MR) is 81.9 cm³/mol. The maximum Gasteiger partial charge on any atom is 0.220 e. The van der Waals surface area contributed by atoms with Crippen molar-refractivity contribution in [3.05, 3.63) is 0 Å². The summed E-state index contributed by atoms with van der Waals surface area (Å²) in [6, 6.07) is 0.191. The topological polar surface area (TPSA) is 55.1 Å². The second kappa shape index (κ2) is 7.22. The molecule has 0 aromatic heterocycles. The lowest BCUT2D eigenvalue weighted by atomic mass is 9.86. The van der Waals surface area contributed by atoms with E-state index in [4.69, 9.17) is 18.0 Å². The summed E-state index contributed by atoms with van der Waals surface area (Å²) in [5.41, 5.74) is 5.73. The minimum absolute atomic E-state index is 0.191. The number of hydrogen-bond donors (Lipinski definition) is 2. The predicted octanol–water partition coefficient (Wildman–Crippen LogP) is 2.92. The molecular formula is C15H26N2OS. The second-order valence-electron chi connectivity index (χ2n) is 6.16. The molecule has 0 spiro atoms. The average molecular weight is 282 g/mol. The molecule has 2 rings (SSSR count). The molecule has 0 aromatic carbocycles. The van der Waals surface area contributed by atoms with Gasteiger partial charge in [-0.2, -0.15) is 0 Å². The molecule has 19 heavy (non-hydrogen) atoms. The molecule has 2 atom stereocenters. The van der Waals surface area contributed by atoms with E-state index in [1.165, 1.54) is 32.1 Å². The molecule has 1 amide bonds. The molecular weight excluding hydrogens is 256 g/mol. The average Bonchev–Trinajstić information content (AvgIpc) is 2.86. The Morgan fingerprint density at radius 3 is 2.53 bits per heavy atom. The van der Waals surface area contributed by atoms with Crippen molar-refractivity contribution in [1.82, 2.24) is 5.32 Å². The summed E-state index contributed by atoms with van der Waals surface area (Å²) in [5, 5.41) is 3.14. The standard InChI is InChI=1S/C15H26N2OS/c16-15(19)12-7-4-8-13(12)17-14(18)10-9-11-5-2-1-3-6-11/h11-13H,1-10H2,(H2,16,19)(H,17,18). The summed E-state index contributed by atoms with van der Waals surface area (Å²) >= 11 is 5.08. The lowest BCUT2D eigenvalue weighted by molar-refractivity contribution is -0.122. The van der Waals surface area contributed by atoms with Crippen LogP contribution in [0.4, 0.5) is 0 Å². The Labute approximate surface area is 121 Å². The Bertz CT molecular complexity index is 326. The van der Waals surface area contributed by atoms with Gasteiger partial charge in [0.05, 0.1) is 4.99 Å². The highest BCUT2D eigenvalue weighted by atomic mass is 32.1. The van der Waals surface area contributed by atoms with Gasteiger partial charge in [0.25, 0.3) is 0 Å². The summed E-state index contributed by atoms with van der Waals surface area (Å²) in [6.07, 6.45) is 11.6. The Balaban J connectivity index is 1.70. The van der Waals surface area contributed by atoms with Gasteiger partial charge in [-0.25, -0.2) is 0 Å². The van der Waals surface area contributed by atoms with Crippen molar-refractivity contribution < 1.29 is 4.79 Å². The molecule has 0 saturated heterocycles. The van der Waals surface area contributed by atoms with Crippen LogP contribution in [0.25, 0.3) is 0 Å². The summed E-state index contributed by atoms with van der Waals surface area (Å²) in [6.45, 7) is 0. The quantitative estimate of drug-likeness (QED) is 0.762. The highest BCUT2D eigenvalue weighted by Crippen LogP contribution is 2.28. The van der Waals surface area contributed by atoms with Crippen molar-refractivity contribution >= 4 is 23.1 Å². The van der Waals surface area contributed by atoms with Crippen molar-refractivity contribution in [1.29, 1.82) is 0 Å². The van der Waals surface area contributed by atoms with Crippen LogP contribution in [0.3, 0.4) is 0 Å². The molecule has 108 valence electrons. The molecule has 0 radical (unpaired) electrons. The van der Waals surface area contributed by atoms with Crippen LogP contribution >= 0.6 is 12.2 Å². The molecule has 2 unspecified atom stereocenters. The van der Waals surface area contributed by atoms with Gasteiger partial charge in [-0.3, -0.25) is 4.79 Å². The third-order valence-electron chi connectivity index (χ3n) is 4.73. The zero-order valence-corrected chi connectivity index (χ0v) is 12.5. The normalized spacial score (nSPS) is 28.2. The maximum atomic E-state index is 12.0. The number of carbonyl (C=O) groups excluding carboxylic acids is 1. The van der Waals surface area contributed by atoms with E-state index in [1.54, 1.807) is 0 Å². The molecule has 3 N–H and O–H groups in total. The number of nitrogens with two attached hydrogens (primary N) is 1. The lowest BCUT2D eigenvalue weighted by Crippen LogP contribution is -2.41. The van der Waals surface area contributed by atoms with Gasteiger partial charge in [0.1, 0.15) is 0 Å². The van der Waals surface area contributed by atoms with Crippen LogP contribution in [-0.2, 0) is 4.79 Å². The number of carbonyl (C=O) groups is 1. The molecule has 0 aliphatic heterocycles. The highest BCUT2D eigenvalue weighted by Gasteiger charge is 2.30. The summed E-state index contributed by atoms with van der Waals surface area (Å²) in [7, 11) is 0. The number of hydrogen-bond acceptors (Lipinski definition) is 2. The van der Waals surface area contributed by atoms with E-state index in [0.29, 0.717) is 11.4 Å². The van der Waals surface area contributed by atoms with E-state index in [0.717, 1.165) is 31.6 Å². The molecule has 2 fully saturated rings. The number of rotatable bonds is 5. The molecule has 0 heterocycles. The van der Waals surface area contributed by atoms with Crippen molar-refractivity contribution in [2.75, 3.05) is 0 Å². The minimum Gasteiger partial charge on any atom is -0.393 e. The highest BCUT2D eigenvalue weighted by molar-refractivity contribution is 7.80. The van der Waals surface area contributed by atoms with E-state index in [1.807, 2.05) is 0 Å². The molecule has 0 aromatic rings. The van der Waals surface area contributed by atoms with Gasteiger partial charge in [-0.15, -0.1) is 0 Å². The first-order valence-corrected chi connectivity index (χ1v) is 8.16. The maximum absolute atomic E-state index is 12.0. The summed E-state index contributed by atoms with van der Waals surface area (Å²) in [5.74, 6) is 1.18. The fourth-order valence-electron chi connectivity index (χ4n) is 3.56. The van der Waals surface area contributed by atoms with Gasteiger partial charge < -0.3 is 11.1 Å². The van der Waals surface area contributed by atoms with E-state index < -0.39 is 0 Å². The zero-order valence-electron chi connectivity index (χ0n) is 11.7. The van der Waals surface area contributed by atoms with Gasteiger partial charge >= 0.3 is 0 Å². The third-order valence-corrected chi connectivity index (χ3v) is 5.03. The van der Waals surface area contributed by atoms with Crippen molar-refractivity contribution in [3.8, 4) is 0 Å². The summed E-state index contributed by atoms with van der Waals surface area (Å²) in [4.78, 5) is 12.6. The van der Waals surface area contributed by atoms with Crippen LogP contribution < -0.4 is 11.1 Å². The summed E-state index contributed by atoms with van der Waals surface area (Å²) < 4.78 is 0. The monoisotopic (exact) mass is 282 g/mol. The van der Waals surface area contributed by atoms with E-state index >= 15 is 0 Å². The first-order chi connectivity index (χ1) is 9.16. The molecule has 2 saturated carbocycles. The van der Waals surface area contributed by atoms with Gasteiger partial charge in [0, 0.05) is 18.4 Å². The van der Waals surface area contributed by atoms with Crippen LogP contribution in [-0.4, -0.2) is 16.9 Å². The first kappa shape index (κ1) is 14.8. The third kappa shape index (κ3) is 4.44. The molecule has 3 nitrogen and oxygen atoms in total.